The highest BCUT2D eigenvalue weighted by Crippen LogP contribution is 2.25. The first-order valence-electron chi connectivity index (χ1n) is 5.19. The lowest BCUT2D eigenvalue weighted by Crippen LogP contribution is -2.11. The van der Waals surface area contributed by atoms with Crippen LogP contribution >= 0.6 is 0 Å². The predicted molar refractivity (Wildman–Crippen MR) is 61.5 cm³/mol. The lowest BCUT2D eigenvalue weighted by molar-refractivity contribution is 0.365. The summed E-state index contributed by atoms with van der Waals surface area (Å²) in [6.07, 6.45) is 0. The molecule has 0 aliphatic heterocycles. The molecule has 0 atom stereocenters. The molecule has 0 saturated carbocycles. The second-order valence-electron chi connectivity index (χ2n) is 4.11. The number of nitrogen functional groups attached to an aromatic ring is 1. The van der Waals surface area contributed by atoms with E-state index in [1.165, 1.54) is 0 Å². The number of halogens is 2. The molecule has 0 unspecified atom stereocenters. The summed E-state index contributed by atoms with van der Waals surface area (Å²) in [5.41, 5.74) is 5.20. The van der Waals surface area contributed by atoms with E-state index in [0.717, 1.165) is 6.07 Å². The average molecular weight is 254 g/mol. The van der Waals surface area contributed by atoms with Crippen LogP contribution in [0.3, 0.4) is 0 Å². The van der Waals surface area contributed by atoms with Crippen molar-refractivity contribution in [3.8, 4) is 11.5 Å². The molecule has 0 radical (unpaired) electrons. The second-order valence-corrected chi connectivity index (χ2v) is 4.11. The van der Waals surface area contributed by atoms with E-state index in [0.29, 0.717) is 18.4 Å². The van der Waals surface area contributed by atoms with E-state index >= 15 is 0 Å². The van der Waals surface area contributed by atoms with Crippen LogP contribution in [0.1, 0.15) is 5.82 Å². The van der Waals surface area contributed by atoms with Crippen molar-refractivity contribution >= 4 is 5.69 Å². The number of rotatable bonds is 3. The van der Waals surface area contributed by atoms with E-state index in [1.54, 1.807) is 0 Å². The standard InChI is InChI=1S/C11H12F2N4O/c1-17(2)5-10-15-11(18-16-10)6-3-9(14)8(13)4-7(6)12/h3-4H,5,14H2,1-2H3. The Labute approximate surface area is 102 Å². The van der Waals surface area contributed by atoms with Gasteiger partial charge in [0.2, 0.25) is 0 Å². The number of anilines is 1. The Morgan fingerprint density at radius 2 is 2.00 bits per heavy atom. The van der Waals surface area contributed by atoms with Crippen molar-refractivity contribution in [1.82, 2.24) is 15.0 Å². The maximum atomic E-state index is 13.6. The van der Waals surface area contributed by atoms with Gasteiger partial charge in [0.05, 0.1) is 17.8 Å². The number of hydrogen-bond donors (Lipinski definition) is 1. The average Bonchev–Trinajstić information content (AvgIpc) is 2.70. The minimum Gasteiger partial charge on any atom is -0.396 e. The Morgan fingerprint density at radius 3 is 2.67 bits per heavy atom. The molecular formula is C11H12F2N4O. The van der Waals surface area contributed by atoms with Crippen LogP contribution in [0.4, 0.5) is 14.5 Å². The molecule has 0 bridgehead atoms. The molecule has 18 heavy (non-hydrogen) atoms. The molecule has 5 nitrogen and oxygen atoms in total. The number of nitrogens with two attached hydrogens (primary N) is 1. The highest BCUT2D eigenvalue weighted by molar-refractivity contribution is 5.61. The van der Waals surface area contributed by atoms with Crippen LogP contribution < -0.4 is 5.73 Å². The molecule has 2 N–H and O–H groups in total. The largest absolute Gasteiger partial charge is 0.396 e. The Bertz CT molecular complexity index is 568. The maximum Gasteiger partial charge on any atom is 0.261 e. The monoisotopic (exact) mass is 254 g/mol. The summed E-state index contributed by atoms with van der Waals surface area (Å²) >= 11 is 0. The van der Waals surface area contributed by atoms with E-state index in [9.17, 15) is 8.78 Å². The zero-order valence-corrected chi connectivity index (χ0v) is 9.94. The summed E-state index contributed by atoms with van der Waals surface area (Å²) < 4.78 is 31.5. The van der Waals surface area contributed by atoms with Crippen LogP contribution in [0.25, 0.3) is 11.5 Å². The van der Waals surface area contributed by atoms with Crippen molar-refractivity contribution in [2.75, 3.05) is 19.8 Å². The molecule has 0 aliphatic rings. The van der Waals surface area contributed by atoms with Gasteiger partial charge >= 0.3 is 0 Å². The molecule has 0 saturated heterocycles. The fraction of sp³-hybridized carbons (Fsp3) is 0.273. The Kier molecular flexibility index (Phi) is 3.24. The van der Waals surface area contributed by atoms with Crippen molar-refractivity contribution in [1.29, 1.82) is 0 Å². The van der Waals surface area contributed by atoms with Crippen LogP contribution in [0.15, 0.2) is 16.7 Å². The van der Waals surface area contributed by atoms with Gasteiger partial charge < -0.3 is 15.2 Å². The maximum absolute atomic E-state index is 13.6. The SMILES string of the molecule is CN(C)Cc1noc(-c2cc(N)c(F)cc2F)n1. The van der Waals surface area contributed by atoms with Crippen LogP contribution in [-0.4, -0.2) is 29.1 Å². The molecule has 96 valence electrons. The van der Waals surface area contributed by atoms with Gasteiger partial charge in [0.1, 0.15) is 11.6 Å². The minimum atomic E-state index is -0.815. The van der Waals surface area contributed by atoms with E-state index in [2.05, 4.69) is 10.1 Å². The molecule has 2 aromatic rings. The molecule has 2 rings (SSSR count). The zero-order chi connectivity index (χ0) is 13.3. The summed E-state index contributed by atoms with van der Waals surface area (Å²) in [6.45, 7) is 0.460. The van der Waals surface area contributed by atoms with Gasteiger partial charge in [-0.15, -0.1) is 0 Å². The Hall–Kier alpha value is -2.02. The highest BCUT2D eigenvalue weighted by atomic mass is 19.1. The summed E-state index contributed by atoms with van der Waals surface area (Å²) in [5, 5.41) is 3.70. The van der Waals surface area contributed by atoms with E-state index in [4.69, 9.17) is 10.3 Å². The molecule has 0 spiro atoms. The van der Waals surface area contributed by atoms with Crippen molar-refractivity contribution in [2.24, 2.45) is 0 Å². The lowest BCUT2D eigenvalue weighted by atomic mass is 10.2. The molecule has 0 aliphatic carbocycles. The minimum absolute atomic E-state index is 0.00796. The van der Waals surface area contributed by atoms with E-state index < -0.39 is 11.6 Å². The van der Waals surface area contributed by atoms with Gasteiger partial charge in [-0.2, -0.15) is 4.98 Å². The summed E-state index contributed by atoms with van der Waals surface area (Å²) in [7, 11) is 3.68. The lowest BCUT2D eigenvalue weighted by Gasteiger charge is -2.03. The smallest absolute Gasteiger partial charge is 0.261 e. The third-order valence-electron chi connectivity index (χ3n) is 2.24. The van der Waals surface area contributed by atoms with Crippen molar-refractivity contribution in [2.45, 2.75) is 6.54 Å². The highest BCUT2D eigenvalue weighted by Gasteiger charge is 2.16. The molecule has 7 heteroatoms. The number of hydrogen-bond acceptors (Lipinski definition) is 5. The summed E-state index contributed by atoms with van der Waals surface area (Å²) in [4.78, 5) is 5.85. The first kappa shape index (κ1) is 12.4. The number of benzene rings is 1. The van der Waals surface area contributed by atoms with Crippen LogP contribution in [0, 0.1) is 11.6 Å². The molecule has 1 aromatic heterocycles. The second kappa shape index (κ2) is 4.69. The number of nitrogens with zero attached hydrogens (tertiary/aromatic N) is 3. The first-order valence-corrected chi connectivity index (χ1v) is 5.19. The van der Waals surface area contributed by atoms with Gasteiger partial charge in [-0.3, -0.25) is 0 Å². The van der Waals surface area contributed by atoms with Crippen LogP contribution in [0.2, 0.25) is 0 Å². The molecular weight excluding hydrogens is 242 g/mol. The number of aromatic nitrogens is 2. The summed E-state index contributed by atoms with van der Waals surface area (Å²) in [6, 6.07) is 1.83. The molecule has 0 fully saturated rings. The first-order chi connectivity index (χ1) is 8.47. The molecule has 0 amide bonds. The van der Waals surface area contributed by atoms with Crippen LogP contribution in [0.5, 0.6) is 0 Å². The van der Waals surface area contributed by atoms with Crippen LogP contribution in [-0.2, 0) is 6.54 Å². The topological polar surface area (TPSA) is 68.2 Å². The fourth-order valence-electron chi connectivity index (χ4n) is 1.44. The molecule has 1 heterocycles. The van der Waals surface area contributed by atoms with Gasteiger partial charge in [-0.25, -0.2) is 8.78 Å². The van der Waals surface area contributed by atoms with Gasteiger partial charge in [-0.05, 0) is 20.2 Å². The molecule has 1 aromatic carbocycles. The van der Waals surface area contributed by atoms with Crippen molar-refractivity contribution in [3.05, 3.63) is 29.6 Å². The fourth-order valence-corrected chi connectivity index (χ4v) is 1.44. The van der Waals surface area contributed by atoms with Crippen molar-refractivity contribution in [3.63, 3.8) is 0 Å². The summed E-state index contributed by atoms with van der Waals surface area (Å²) in [5.74, 6) is -1.21. The van der Waals surface area contributed by atoms with Gasteiger partial charge in [-0.1, -0.05) is 5.16 Å². The zero-order valence-electron chi connectivity index (χ0n) is 9.94. The normalized spacial score (nSPS) is 11.2. The Morgan fingerprint density at radius 1 is 1.28 bits per heavy atom. The van der Waals surface area contributed by atoms with E-state index in [1.807, 2.05) is 19.0 Å². The third-order valence-corrected chi connectivity index (χ3v) is 2.24. The van der Waals surface area contributed by atoms with Gasteiger partial charge in [0.15, 0.2) is 5.82 Å². The predicted octanol–water partition coefficient (Wildman–Crippen LogP) is 1.66. The van der Waals surface area contributed by atoms with E-state index in [-0.39, 0.29) is 17.1 Å². The third kappa shape index (κ3) is 2.45. The van der Waals surface area contributed by atoms with Crippen molar-refractivity contribution < 1.29 is 13.3 Å². The quantitative estimate of drug-likeness (QED) is 0.843. The van der Waals surface area contributed by atoms with Gasteiger partial charge in [0, 0.05) is 6.07 Å². The van der Waals surface area contributed by atoms with Gasteiger partial charge in [0.25, 0.3) is 5.89 Å². The Balaban J connectivity index is 2.37.